The van der Waals surface area contributed by atoms with E-state index in [0.29, 0.717) is 11.3 Å². The van der Waals surface area contributed by atoms with E-state index >= 15 is 0 Å². The lowest BCUT2D eigenvalue weighted by molar-refractivity contribution is 0.430. The zero-order valence-corrected chi connectivity index (χ0v) is 12.7. The third-order valence-electron chi connectivity index (χ3n) is 3.21. The molecule has 0 amide bonds. The van der Waals surface area contributed by atoms with Gasteiger partial charge in [-0.1, -0.05) is 53.7 Å². The van der Waals surface area contributed by atoms with Crippen molar-refractivity contribution < 1.29 is 12.9 Å². The van der Waals surface area contributed by atoms with Crippen molar-refractivity contribution in [3.63, 3.8) is 0 Å². The van der Waals surface area contributed by atoms with Crippen LogP contribution in [0, 0.1) is 6.92 Å². The van der Waals surface area contributed by atoms with Gasteiger partial charge in [0.05, 0.1) is 16.2 Å². The summed E-state index contributed by atoms with van der Waals surface area (Å²) in [5.74, 6) is 0.118. The van der Waals surface area contributed by atoms with E-state index in [1.165, 1.54) is 12.1 Å². The molecule has 0 unspecified atom stereocenters. The van der Waals surface area contributed by atoms with Crippen molar-refractivity contribution in [1.29, 1.82) is 0 Å². The fourth-order valence-corrected chi connectivity index (χ4v) is 3.18. The van der Waals surface area contributed by atoms with Crippen molar-refractivity contribution in [1.82, 2.24) is 5.16 Å². The Morgan fingerprint density at radius 2 is 1.55 bits per heavy atom. The first-order valence-electron chi connectivity index (χ1n) is 6.67. The van der Waals surface area contributed by atoms with Gasteiger partial charge in [-0.15, -0.1) is 0 Å². The van der Waals surface area contributed by atoms with Gasteiger partial charge in [-0.3, -0.25) is 0 Å². The smallest absolute Gasteiger partial charge is 0.264 e. The van der Waals surface area contributed by atoms with Crippen LogP contribution in [-0.2, 0) is 10.0 Å². The number of nitrogens with one attached hydrogen (secondary N) is 1. The molecule has 0 saturated carbocycles. The first-order chi connectivity index (χ1) is 10.6. The number of benzene rings is 2. The van der Waals surface area contributed by atoms with Gasteiger partial charge in [0.15, 0.2) is 0 Å². The lowest BCUT2D eigenvalue weighted by Crippen LogP contribution is -2.12. The average Bonchev–Trinajstić information content (AvgIpc) is 2.89. The molecule has 1 aromatic heterocycles. The predicted octanol–water partition coefficient (Wildman–Crippen LogP) is 3.45. The van der Waals surface area contributed by atoms with Gasteiger partial charge < -0.3 is 4.52 Å². The van der Waals surface area contributed by atoms with Gasteiger partial charge in [0.2, 0.25) is 5.88 Å². The maximum atomic E-state index is 12.4. The molecule has 1 heterocycles. The number of rotatable bonds is 4. The first kappa shape index (κ1) is 14.3. The molecule has 6 heteroatoms. The molecule has 112 valence electrons. The largest absolute Gasteiger partial charge is 0.337 e. The normalized spacial score (nSPS) is 11.3. The SMILES string of the molecule is Cc1noc(NS(=O)(=O)c2ccccc2)c1-c1ccccc1. The summed E-state index contributed by atoms with van der Waals surface area (Å²) in [6.45, 7) is 1.77. The monoisotopic (exact) mass is 314 g/mol. The van der Waals surface area contributed by atoms with Gasteiger partial charge in [-0.2, -0.15) is 0 Å². The highest BCUT2D eigenvalue weighted by Gasteiger charge is 2.21. The van der Waals surface area contributed by atoms with Gasteiger partial charge in [-0.05, 0) is 24.6 Å². The Balaban J connectivity index is 2.01. The highest BCUT2D eigenvalue weighted by molar-refractivity contribution is 7.92. The van der Waals surface area contributed by atoms with E-state index in [4.69, 9.17) is 4.52 Å². The zero-order valence-electron chi connectivity index (χ0n) is 11.9. The fraction of sp³-hybridized carbons (Fsp3) is 0.0625. The number of hydrogen-bond acceptors (Lipinski definition) is 4. The number of nitrogens with zero attached hydrogens (tertiary/aromatic N) is 1. The molecule has 0 aliphatic heterocycles. The van der Waals surface area contributed by atoms with Gasteiger partial charge in [0, 0.05) is 0 Å². The molecule has 0 aliphatic carbocycles. The van der Waals surface area contributed by atoms with Crippen molar-refractivity contribution in [2.45, 2.75) is 11.8 Å². The molecule has 0 fully saturated rings. The second-order valence-electron chi connectivity index (χ2n) is 4.76. The summed E-state index contributed by atoms with van der Waals surface area (Å²) in [4.78, 5) is 0.170. The number of anilines is 1. The lowest BCUT2D eigenvalue weighted by Gasteiger charge is -2.07. The maximum Gasteiger partial charge on any atom is 0.264 e. The number of hydrogen-bond donors (Lipinski definition) is 1. The summed E-state index contributed by atoms with van der Waals surface area (Å²) in [6.07, 6.45) is 0. The third kappa shape index (κ3) is 2.73. The van der Waals surface area contributed by atoms with Crippen LogP contribution in [0.3, 0.4) is 0 Å². The molecular formula is C16H14N2O3S. The van der Waals surface area contributed by atoms with Gasteiger partial charge in [0.1, 0.15) is 0 Å². The minimum atomic E-state index is -3.71. The van der Waals surface area contributed by atoms with Crippen LogP contribution >= 0.6 is 0 Å². The number of aryl methyl sites for hydroxylation is 1. The van der Waals surface area contributed by atoms with Gasteiger partial charge >= 0.3 is 0 Å². The van der Waals surface area contributed by atoms with Crippen molar-refractivity contribution >= 4 is 15.9 Å². The summed E-state index contributed by atoms with van der Waals surface area (Å²) in [5.41, 5.74) is 2.10. The predicted molar refractivity (Wildman–Crippen MR) is 83.9 cm³/mol. The van der Waals surface area contributed by atoms with Crippen LogP contribution in [0.25, 0.3) is 11.1 Å². The Bertz CT molecular complexity index is 872. The molecule has 0 bridgehead atoms. The van der Waals surface area contributed by atoms with E-state index in [1.54, 1.807) is 25.1 Å². The molecule has 3 rings (SSSR count). The summed E-state index contributed by atoms with van der Waals surface area (Å²) < 4.78 is 32.4. The second-order valence-corrected chi connectivity index (χ2v) is 6.44. The second kappa shape index (κ2) is 5.65. The van der Waals surface area contributed by atoms with Gasteiger partial charge in [-0.25, -0.2) is 13.1 Å². The van der Waals surface area contributed by atoms with E-state index in [-0.39, 0.29) is 10.8 Å². The third-order valence-corrected chi connectivity index (χ3v) is 4.55. The minimum Gasteiger partial charge on any atom is -0.337 e. The molecule has 0 atom stereocenters. The van der Waals surface area contributed by atoms with Crippen LogP contribution in [0.5, 0.6) is 0 Å². The molecule has 0 radical (unpaired) electrons. The molecule has 3 aromatic rings. The molecule has 0 saturated heterocycles. The van der Waals surface area contributed by atoms with Crippen LogP contribution in [0.15, 0.2) is 70.1 Å². The van der Waals surface area contributed by atoms with Crippen molar-refractivity contribution in [3.8, 4) is 11.1 Å². The Hall–Kier alpha value is -2.60. The number of sulfonamides is 1. The van der Waals surface area contributed by atoms with E-state index in [9.17, 15) is 8.42 Å². The fourth-order valence-electron chi connectivity index (χ4n) is 2.16. The van der Waals surface area contributed by atoms with Crippen LogP contribution in [0.4, 0.5) is 5.88 Å². The molecular weight excluding hydrogens is 300 g/mol. The summed E-state index contributed by atoms with van der Waals surface area (Å²) >= 11 is 0. The average molecular weight is 314 g/mol. The van der Waals surface area contributed by atoms with Crippen LogP contribution in [0.2, 0.25) is 0 Å². The summed E-state index contributed by atoms with van der Waals surface area (Å²) in [5, 5.41) is 3.87. The summed E-state index contributed by atoms with van der Waals surface area (Å²) in [6, 6.07) is 17.5. The Morgan fingerprint density at radius 3 is 2.18 bits per heavy atom. The zero-order chi connectivity index (χ0) is 15.6. The molecule has 0 aliphatic rings. The topological polar surface area (TPSA) is 72.2 Å². The molecule has 0 spiro atoms. The van der Waals surface area contributed by atoms with Crippen LogP contribution in [-0.4, -0.2) is 13.6 Å². The first-order valence-corrected chi connectivity index (χ1v) is 8.16. The molecule has 2 aromatic carbocycles. The molecule has 5 nitrogen and oxygen atoms in total. The lowest BCUT2D eigenvalue weighted by atomic mass is 10.1. The Labute approximate surface area is 128 Å². The quantitative estimate of drug-likeness (QED) is 0.800. The Morgan fingerprint density at radius 1 is 0.955 bits per heavy atom. The molecule has 1 N–H and O–H groups in total. The van der Waals surface area contributed by atoms with Crippen molar-refractivity contribution in [2.75, 3.05) is 4.72 Å². The highest BCUT2D eigenvalue weighted by Crippen LogP contribution is 2.32. The van der Waals surface area contributed by atoms with Gasteiger partial charge in [0.25, 0.3) is 10.0 Å². The van der Waals surface area contributed by atoms with E-state index in [2.05, 4.69) is 9.88 Å². The number of aromatic nitrogens is 1. The maximum absolute atomic E-state index is 12.4. The van der Waals surface area contributed by atoms with Crippen LogP contribution in [0.1, 0.15) is 5.69 Å². The standard InChI is InChI=1S/C16H14N2O3S/c1-12-15(13-8-4-2-5-9-13)16(21-17-12)18-22(19,20)14-10-6-3-7-11-14/h2-11,18H,1H3. The van der Waals surface area contributed by atoms with Crippen molar-refractivity contribution in [3.05, 3.63) is 66.4 Å². The van der Waals surface area contributed by atoms with E-state index in [1.807, 2.05) is 30.3 Å². The Kier molecular flexibility index (Phi) is 3.68. The van der Waals surface area contributed by atoms with Crippen molar-refractivity contribution in [2.24, 2.45) is 0 Å². The van der Waals surface area contributed by atoms with E-state index < -0.39 is 10.0 Å². The minimum absolute atomic E-state index is 0.118. The molecule has 22 heavy (non-hydrogen) atoms. The highest BCUT2D eigenvalue weighted by atomic mass is 32.2. The van der Waals surface area contributed by atoms with E-state index in [0.717, 1.165) is 5.56 Å². The summed E-state index contributed by atoms with van der Waals surface area (Å²) in [7, 11) is -3.71. The van der Waals surface area contributed by atoms with Crippen LogP contribution < -0.4 is 4.72 Å².